The number of rotatable bonds is 6. The first kappa shape index (κ1) is 17.0. The van der Waals surface area contributed by atoms with Crippen molar-refractivity contribution in [3.05, 3.63) is 60.2 Å². The van der Waals surface area contributed by atoms with Crippen LogP contribution in [-0.2, 0) is 21.4 Å². The maximum Gasteiger partial charge on any atom is 0.239 e. The number of carbonyl (C=O) groups is 1. The Labute approximate surface area is 134 Å². The SMILES string of the molecule is CS(=O)(=O)N(CC(=O)Nc1ccccc1F)Cc1ccccn1. The van der Waals surface area contributed by atoms with Crippen LogP contribution in [0.25, 0.3) is 0 Å². The molecule has 0 unspecified atom stereocenters. The van der Waals surface area contributed by atoms with E-state index in [1.807, 2.05) is 0 Å². The molecule has 8 heteroatoms. The zero-order chi connectivity index (χ0) is 16.9. The molecule has 0 radical (unpaired) electrons. The molecular formula is C15H16FN3O3S. The summed E-state index contributed by atoms with van der Waals surface area (Å²) in [6, 6.07) is 10.8. The van der Waals surface area contributed by atoms with Crippen LogP contribution in [0.3, 0.4) is 0 Å². The number of aromatic nitrogens is 1. The number of hydrogen-bond acceptors (Lipinski definition) is 4. The molecule has 6 nitrogen and oxygen atoms in total. The van der Waals surface area contributed by atoms with Gasteiger partial charge in [0, 0.05) is 6.20 Å². The molecule has 0 bridgehead atoms. The summed E-state index contributed by atoms with van der Waals surface area (Å²) in [5.41, 5.74) is 0.514. The van der Waals surface area contributed by atoms with Gasteiger partial charge in [0.1, 0.15) is 5.82 Å². The summed E-state index contributed by atoms with van der Waals surface area (Å²) < 4.78 is 38.2. The van der Waals surface area contributed by atoms with Gasteiger partial charge in [0.05, 0.1) is 30.7 Å². The van der Waals surface area contributed by atoms with Gasteiger partial charge in [-0.1, -0.05) is 18.2 Å². The van der Waals surface area contributed by atoms with Crippen molar-refractivity contribution in [3.63, 3.8) is 0 Å². The number of halogens is 1. The largest absolute Gasteiger partial charge is 0.322 e. The fourth-order valence-electron chi connectivity index (χ4n) is 1.88. The molecule has 0 aliphatic rings. The van der Waals surface area contributed by atoms with E-state index in [0.29, 0.717) is 5.69 Å². The Kier molecular flexibility index (Phi) is 5.41. The fourth-order valence-corrected chi connectivity index (χ4v) is 2.59. The van der Waals surface area contributed by atoms with Crippen molar-refractivity contribution in [1.82, 2.24) is 9.29 Å². The third kappa shape index (κ3) is 5.11. The van der Waals surface area contributed by atoms with Crippen LogP contribution in [0.15, 0.2) is 48.7 Å². The molecule has 0 fully saturated rings. The number of sulfonamides is 1. The van der Waals surface area contributed by atoms with Gasteiger partial charge >= 0.3 is 0 Å². The van der Waals surface area contributed by atoms with Gasteiger partial charge < -0.3 is 5.32 Å². The highest BCUT2D eigenvalue weighted by Crippen LogP contribution is 2.13. The fraction of sp³-hybridized carbons (Fsp3) is 0.200. The van der Waals surface area contributed by atoms with Crippen LogP contribution < -0.4 is 5.32 Å². The van der Waals surface area contributed by atoms with Crippen LogP contribution >= 0.6 is 0 Å². The zero-order valence-electron chi connectivity index (χ0n) is 12.4. The first-order chi connectivity index (χ1) is 10.9. The Morgan fingerprint density at radius 2 is 1.91 bits per heavy atom. The summed E-state index contributed by atoms with van der Waals surface area (Å²) in [7, 11) is -3.62. The summed E-state index contributed by atoms with van der Waals surface area (Å²) in [4.78, 5) is 16.0. The van der Waals surface area contributed by atoms with Crippen molar-refractivity contribution in [1.29, 1.82) is 0 Å². The number of carbonyl (C=O) groups excluding carboxylic acids is 1. The molecule has 23 heavy (non-hydrogen) atoms. The highest BCUT2D eigenvalue weighted by Gasteiger charge is 2.21. The highest BCUT2D eigenvalue weighted by atomic mass is 32.2. The van der Waals surface area contributed by atoms with Gasteiger partial charge in [-0.15, -0.1) is 0 Å². The van der Waals surface area contributed by atoms with E-state index < -0.39 is 28.3 Å². The number of hydrogen-bond donors (Lipinski definition) is 1. The third-order valence-corrected chi connectivity index (χ3v) is 4.20. The van der Waals surface area contributed by atoms with E-state index in [0.717, 1.165) is 10.6 Å². The summed E-state index contributed by atoms with van der Waals surface area (Å²) in [5, 5.41) is 2.36. The summed E-state index contributed by atoms with van der Waals surface area (Å²) in [6.45, 7) is -0.464. The first-order valence-electron chi connectivity index (χ1n) is 6.75. The van der Waals surface area contributed by atoms with E-state index in [2.05, 4.69) is 10.3 Å². The predicted molar refractivity (Wildman–Crippen MR) is 84.5 cm³/mol. The smallest absolute Gasteiger partial charge is 0.239 e. The minimum absolute atomic E-state index is 0.00351. The number of anilines is 1. The van der Waals surface area contributed by atoms with E-state index in [-0.39, 0.29) is 12.2 Å². The van der Waals surface area contributed by atoms with E-state index >= 15 is 0 Å². The lowest BCUT2D eigenvalue weighted by molar-refractivity contribution is -0.116. The second-order valence-electron chi connectivity index (χ2n) is 4.88. The Morgan fingerprint density at radius 1 is 1.22 bits per heavy atom. The molecular weight excluding hydrogens is 321 g/mol. The summed E-state index contributed by atoms with van der Waals surface area (Å²) in [6.07, 6.45) is 2.54. The van der Waals surface area contributed by atoms with Gasteiger partial charge in [0.2, 0.25) is 15.9 Å². The molecule has 0 saturated heterocycles. The van der Waals surface area contributed by atoms with Gasteiger partial charge in [-0.2, -0.15) is 4.31 Å². The van der Waals surface area contributed by atoms with Crippen LogP contribution in [0.1, 0.15) is 5.69 Å². The maximum atomic E-state index is 13.5. The maximum absolute atomic E-state index is 13.5. The molecule has 2 rings (SSSR count). The molecule has 0 atom stereocenters. The molecule has 1 aromatic heterocycles. The monoisotopic (exact) mass is 337 g/mol. The van der Waals surface area contributed by atoms with Crippen molar-refractivity contribution in [2.45, 2.75) is 6.54 Å². The number of pyridine rings is 1. The Balaban J connectivity index is 2.09. The lowest BCUT2D eigenvalue weighted by Crippen LogP contribution is -2.37. The number of para-hydroxylation sites is 1. The molecule has 0 aliphatic heterocycles. The number of nitrogens with one attached hydrogen (secondary N) is 1. The van der Waals surface area contributed by atoms with Crippen LogP contribution in [0.5, 0.6) is 0 Å². The molecule has 1 heterocycles. The van der Waals surface area contributed by atoms with Crippen molar-refractivity contribution in [3.8, 4) is 0 Å². The van der Waals surface area contributed by atoms with Gasteiger partial charge in [-0.3, -0.25) is 9.78 Å². The van der Waals surface area contributed by atoms with Crippen molar-refractivity contribution >= 4 is 21.6 Å². The lowest BCUT2D eigenvalue weighted by Gasteiger charge is -2.19. The molecule has 0 spiro atoms. The Bertz CT molecular complexity index is 782. The topological polar surface area (TPSA) is 79.4 Å². The number of nitrogens with zero attached hydrogens (tertiary/aromatic N) is 2. The minimum atomic E-state index is -3.62. The van der Waals surface area contributed by atoms with E-state index in [9.17, 15) is 17.6 Å². The second kappa shape index (κ2) is 7.30. The number of benzene rings is 1. The van der Waals surface area contributed by atoms with Gasteiger partial charge in [0.25, 0.3) is 0 Å². The van der Waals surface area contributed by atoms with E-state index in [1.54, 1.807) is 24.3 Å². The molecule has 0 saturated carbocycles. The van der Waals surface area contributed by atoms with Crippen LogP contribution in [0, 0.1) is 5.82 Å². The summed E-state index contributed by atoms with van der Waals surface area (Å²) >= 11 is 0. The third-order valence-electron chi connectivity index (χ3n) is 3.00. The zero-order valence-corrected chi connectivity index (χ0v) is 13.3. The normalized spacial score (nSPS) is 11.4. The van der Waals surface area contributed by atoms with Gasteiger partial charge in [-0.25, -0.2) is 12.8 Å². The van der Waals surface area contributed by atoms with Crippen LogP contribution in [0.4, 0.5) is 10.1 Å². The van der Waals surface area contributed by atoms with Crippen molar-refractivity contribution in [2.75, 3.05) is 18.1 Å². The van der Waals surface area contributed by atoms with Crippen LogP contribution in [0.2, 0.25) is 0 Å². The minimum Gasteiger partial charge on any atom is -0.322 e. The average molecular weight is 337 g/mol. The van der Waals surface area contributed by atoms with E-state index in [4.69, 9.17) is 0 Å². The highest BCUT2D eigenvalue weighted by molar-refractivity contribution is 7.88. The lowest BCUT2D eigenvalue weighted by atomic mass is 10.3. The predicted octanol–water partition coefficient (Wildman–Crippen LogP) is 1.62. The van der Waals surface area contributed by atoms with Crippen molar-refractivity contribution in [2.24, 2.45) is 0 Å². The van der Waals surface area contributed by atoms with E-state index in [1.165, 1.54) is 24.4 Å². The second-order valence-corrected chi connectivity index (χ2v) is 6.86. The quantitative estimate of drug-likeness (QED) is 0.869. The standard InChI is InChI=1S/C15H16FN3O3S/c1-23(21,22)19(10-12-6-4-5-9-17-12)11-15(20)18-14-8-3-2-7-13(14)16/h2-9H,10-11H2,1H3,(H,18,20). The summed E-state index contributed by atoms with van der Waals surface area (Å²) in [5.74, 6) is -1.21. The van der Waals surface area contributed by atoms with Crippen molar-refractivity contribution < 1.29 is 17.6 Å². The molecule has 1 N–H and O–H groups in total. The first-order valence-corrected chi connectivity index (χ1v) is 8.60. The Hall–Kier alpha value is -2.32. The molecule has 1 aromatic carbocycles. The number of amides is 1. The molecule has 2 aromatic rings. The van der Waals surface area contributed by atoms with Gasteiger partial charge in [0.15, 0.2) is 0 Å². The van der Waals surface area contributed by atoms with Crippen LogP contribution in [-0.4, -0.2) is 36.4 Å². The molecule has 0 aliphatic carbocycles. The molecule has 1 amide bonds. The Morgan fingerprint density at radius 3 is 2.52 bits per heavy atom. The molecule has 122 valence electrons. The van der Waals surface area contributed by atoms with Gasteiger partial charge in [-0.05, 0) is 24.3 Å². The average Bonchev–Trinajstić information content (AvgIpc) is 2.49.